The van der Waals surface area contributed by atoms with Gasteiger partial charge in [0.1, 0.15) is 0 Å². The van der Waals surface area contributed by atoms with Gasteiger partial charge in [0.05, 0.1) is 17.6 Å². The molecule has 16 heavy (non-hydrogen) atoms. The van der Waals surface area contributed by atoms with E-state index in [0.29, 0.717) is 11.3 Å². The molecule has 0 heterocycles. The second-order valence-electron chi connectivity index (χ2n) is 6.45. The monoisotopic (exact) mass is 223 g/mol. The van der Waals surface area contributed by atoms with Crippen molar-refractivity contribution in [1.82, 2.24) is 0 Å². The molecule has 0 bridgehead atoms. The highest BCUT2D eigenvalue weighted by Crippen LogP contribution is 2.41. The Bertz CT molecular complexity index is 273. The van der Waals surface area contributed by atoms with E-state index in [1.165, 1.54) is 6.42 Å². The third-order valence-electron chi connectivity index (χ3n) is 4.31. The van der Waals surface area contributed by atoms with Gasteiger partial charge in [0.15, 0.2) is 0 Å². The fourth-order valence-corrected chi connectivity index (χ4v) is 2.77. The summed E-state index contributed by atoms with van der Waals surface area (Å²) in [6.07, 6.45) is 4.85. The van der Waals surface area contributed by atoms with Gasteiger partial charge in [0, 0.05) is 0 Å². The summed E-state index contributed by atoms with van der Waals surface area (Å²) in [5, 5.41) is 19.4. The lowest BCUT2D eigenvalue weighted by atomic mass is 9.75. The van der Waals surface area contributed by atoms with Crippen molar-refractivity contribution in [3.05, 3.63) is 0 Å². The second-order valence-corrected chi connectivity index (χ2v) is 6.45. The third-order valence-corrected chi connectivity index (χ3v) is 4.31. The SMILES string of the molecule is CC(C#N)C1(O)CCCC(C(C)(C)C)CC1. The number of aliphatic hydroxyl groups is 1. The minimum Gasteiger partial charge on any atom is -0.389 e. The van der Waals surface area contributed by atoms with Crippen LogP contribution in [0.25, 0.3) is 0 Å². The molecular weight excluding hydrogens is 198 g/mol. The molecular formula is C14H25NO. The van der Waals surface area contributed by atoms with E-state index < -0.39 is 5.60 Å². The Morgan fingerprint density at radius 2 is 1.94 bits per heavy atom. The molecule has 92 valence electrons. The summed E-state index contributed by atoms with van der Waals surface area (Å²) in [5.74, 6) is 0.429. The summed E-state index contributed by atoms with van der Waals surface area (Å²) >= 11 is 0. The van der Waals surface area contributed by atoms with E-state index in [4.69, 9.17) is 5.26 Å². The molecule has 3 unspecified atom stereocenters. The average molecular weight is 223 g/mol. The summed E-state index contributed by atoms with van der Waals surface area (Å²) in [6.45, 7) is 8.67. The highest BCUT2D eigenvalue weighted by Gasteiger charge is 2.38. The number of nitrogens with zero attached hydrogens (tertiary/aromatic N) is 1. The van der Waals surface area contributed by atoms with E-state index in [-0.39, 0.29) is 5.92 Å². The number of hydrogen-bond acceptors (Lipinski definition) is 2. The molecule has 0 saturated heterocycles. The Labute approximate surface area is 99.7 Å². The van der Waals surface area contributed by atoms with Crippen LogP contribution in [-0.4, -0.2) is 10.7 Å². The van der Waals surface area contributed by atoms with Crippen molar-refractivity contribution in [3.8, 4) is 6.07 Å². The van der Waals surface area contributed by atoms with E-state index >= 15 is 0 Å². The first kappa shape index (κ1) is 13.5. The van der Waals surface area contributed by atoms with Gasteiger partial charge >= 0.3 is 0 Å². The summed E-state index contributed by atoms with van der Waals surface area (Å²) in [5.41, 5.74) is -0.421. The summed E-state index contributed by atoms with van der Waals surface area (Å²) in [6, 6.07) is 2.21. The Morgan fingerprint density at radius 3 is 2.44 bits per heavy atom. The van der Waals surface area contributed by atoms with Gasteiger partial charge < -0.3 is 5.11 Å². The van der Waals surface area contributed by atoms with Gasteiger partial charge in [0.2, 0.25) is 0 Å². The van der Waals surface area contributed by atoms with E-state index in [1.807, 2.05) is 6.92 Å². The number of rotatable bonds is 1. The van der Waals surface area contributed by atoms with E-state index in [1.54, 1.807) is 0 Å². The Morgan fingerprint density at radius 1 is 1.31 bits per heavy atom. The molecule has 0 aromatic carbocycles. The highest BCUT2D eigenvalue weighted by atomic mass is 16.3. The molecule has 1 aliphatic rings. The normalized spacial score (nSPS) is 33.9. The molecule has 0 amide bonds. The van der Waals surface area contributed by atoms with E-state index in [0.717, 1.165) is 25.7 Å². The second kappa shape index (κ2) is 4.75. The molecule has 1 rings (SSSR count). The maximum absolute atomic E-state index is 10.5. The summed E-state index contributed by atoms with van der Waals surface area (Å²) < 4.78 is 0. The molecule has 1 saturated carbocycles. The molecule has 1 fully saturated rings. The average Bonchev–Trinajstić information content (AvgIpc) is 2.39. The minimum absolute atomic E-state index is 0.244. The molecule has 2 heteroatoms. The molecule has 2 nitrogen and oxygen atoms in total. The van der Waals surface area contributed by atoms with Crippen LogP contribution in [0.2, 0.25) is 0 Å². The molecule has 0 aliphatic heterocycles. The van der Waals surface area contributed by atoms with Gasteiger partial charge in [-0.1, -0.05) is 27.2 Å². The number of nitriles is 1. The molecule has 0 aromatic heterocycles. The van der Waals surface area contributed by atoms with Gasteiger partial charge in [-0.3, -0.25) is 0 Å². The molecule has 1 aliphatic carbocycles. The van der Waals surface area contributed by atoms with Crippen LogP contribution in [-0.2, 0) is 0 Å². The number of hydrogen-bond donors (Lipinski definition) is 1. The van der Waals surface area contributed by atoms with Crippen LogP contribution in [0.3, 0.4) is 0 Å². The first-order valence-corrected chi connectivity index (χ1v) is 6.41. The van der Waals surface area contributed by atoms with Crippen LogP contribution in [0.4, 0.5) is 0 Å². The smallest absolute Gasteiger partial charge is 0.0802 e. The van der Waals surface area contributed by atoms with Crippen molar-refractivity contribution < 1.29 is 5.11 Å². The van der Waals surface area contributed by atoms with Crippen LogP contribution in [0.1, 0.15) is 59.8 Å². The van der Waals surface area contributed by atoms with Crippen LogP contribution in [0.15, 0.2) is 0 Å². The third kappa shape index (κ3) is 2.98. The van der Waals surface area contributed by atoms with Crippen molar-refractivity contribution in [2.75, 3.05) is 0 Å². The zero-order valence-electron chi connectivity index (χ0n) is 11.1. The lowest BCUT2D eigenvalue weighted by Gasteiger charge is -2.31. The van der Waals surface area contributed by atoms with Crippen molar-refractivity contribution in [2.24, 2.45) is 17.3 Å². The molecule has 0 aromatic rings. The zero-order chi connectivity index (χ0) is 12.4. The lowest BCUT2D eigenvalue weighted by molar-refractivity contribution is -0.00820. The highest BCUT2D eigenvalue weighted by molar-refractivity contribution is 4.98. The largest absolute Gasteiger partial charge is 0.389 e. The zero-order valence-corrected chi connectivity index (χ0v) is 11.1. The standard InChI is InChI=1S/C14H25NO/c1-11(10-15)14(16)8-5-6-12(7-9-14)13(2,3)4/h11-12,16H,5-9H2,1-4H3. The van der Waals surface area contributed by atoms with Crippen molar-refractivity contribution in [3.63, 3.8) is 0 Å². The molecule has 0 spiro atoms. The predicted molar refractivity (Wildman–Crippen MR) is 65.8 cm³/mol. The Kier molecular flexibility index (Phi) is 4.02. The summed E-state index contributed by atoms with van der Waals surface area (Å²) in [7, 11) is 0. The quantitative estimate of drug-likeness (QED) is 0.691. The van der Waals surface area contributed by atoms with Crippen molar-refractivity contribution >= 4 is 0 Å². The first-order valence-electron chi connectivity index (χ1n) is 6.41. The van der Waals surface area contributed by atoms with Crippen LogP contribution >= 0.6 is 0 Å². The van der Waals surface area contributed by atoms with Gasteiger partial charge in [-0.25, -0.2) is 0 Å². The van der Waals surface area contributed by atoms with Gasteiger partial charge in [-0.05, 0) is 43.9 Å². The fourth-order valence-electron chi connectivity index (χ4n) is 2.77. The minimum atomic E-state index is -0.741. The van der Waals surface area contributed by atoms with Crippen LogP contribution in [0, 0.1) is 28.6 Å². The van der Waals surface area contributed by atoms with Crippen LogP contribution < -0.4 is 0 Å². The van der Waals surface area contributed by atoms with E-state index in [9.17, 15) is 5.11 Å². The maximum Gasteiger partial charge on any atom is 0.0802 e. The summed E-state index contributed by atoms with van der Waals surface area (Å²) in [4.78, 5) is 0. The molecule has 0 radical (unpaired) electrons. The fraction of sp³-hybridized carbons (Fsp3) is 0.929. The lowest BCUT2D eigenvalue weighted by Crippen LogP contribution is -2.35. The topological polar surface area (TPSA) is 44.0 Å². The Hall–Kier alpha value is -0.550. The van der Waals surface area contributed by atoms with Gasteiger partial charge in [-0.15, -0.1) is 0 Å². The molecule has 1 N–H and O–H groups in total. The Balaban J connectivity index is 2.70. The van der Waals surface area contributed by atoms with Crippen molar-refractivity contribution in [2.45, 2.75) is 65.4 Å². The maximum atomic E-state index is 10.5. The predicted octanol–water partition coefficient (Wildman–Crippen LogP) is 3.50. The first-order chi connectivity index (χ1) is 7.29. The van der Waals surface area contributed by atoms with Crippen LogP contribution in [0.5, 0.6) is 0 Å². The van der Waals surface area contributed by atoms with Gasteiger partial charge in [0.25, 0.3) is 0 Å². The van der Waals surface area contributed by atoms with E-state index in [2.05, 4.69) is 26.8 Å². The molecule has 3 atom stereocenters. The van der Waals surface area contributed by atoms with Crippen molar-refractivity contribution in [1.29, 1.82) is 5.26 Å². The van der Waals surface area contributed by atoms with Gasteiger partial charge in [-0.2, -0.15) is 5.26 Å².